The zero-order chi connectivity index (χ0) is 44.0. The smallest absolute Gasteiger partial charge is 0.410 e. The number of hydrogen-bond acceptors (Lipinski definition) is 13. The molecule has 332 valence electrons. The van der Waals surface area contributed by atoms with Crippen molar-refractivity contribution in [2.45, 2.75) is 155 Å². The van der Waals surface area contributed by atoms with Gasteiger partial charge in [0.05, 0.1) is 30.0 Å². The van der Waals surface area contributed by atoms with Crippen LogP contribution in [0.15, 0.2) is 30.5 Å². The number of anilines is 1. The van der Waals surface area contributed by atoms with Gasteiger partial charge >= 0.3 is 6.09 Å². The van der Waals surface area contributed by atoms with E-state index in [9.17, 15) is 19.5 Å². The number of nitrogens with two attached hydrogens (primary N) is 1. The number of benzene rings is 1. The lowest BCUT2D eigenvalue weighted by atomic mass is 9.74. The number of ether oxygens (including phenoxy) is 3. The van der Waals surface area contributed by atoms with Crippen molar-refractivity contribution in [1.29, 1.82) is 0 Å². The summed E-state index contributed by atoms with van der Waals surface area (Å²) in [6, 6.07) is 7.11. The van der Waals surface area contributed by atoms with Crippen molar-refractivity contribution in [3.8, 4) is 11.3 Å². The third-order valence-corrected chi connectivity index (χ3v) is 12.6. The van der Waals surface area contributed by atoms with Crippen molar-refractivity contribution < 1.29 is 38.5 Å². The van der Waals surface area contributed by atoms with E-state index in [1.807, 2.05) is 86.1 Å². The largest absolute Gasteiger partial charge is 0.438 e. The summed E-state index contributed by atoms with van der Waals surface area (Å²) in [5.41, 5.74) is 5.48. The molecule has 0 radical (unpaired) electrons. The molecule has 11 unspecified atom stereocenters. The fraction of sp³-hybridized carbons (Fsp3) is 0.750. The molecular formula is C44H73N7O8. The van der Waals surface area contributed by atoms with Gasteiger partial charge in [-0.3, -0.25) is 19.1 Å². The van der Waals surface area contributed by atoms with Gasteiger partial charge in [0.25, 0.3) is 0 Å². The Hall–Kier alpha value is -3.47. The zero-order valence-electron chi connectivity index (χ0n) is 37.9. The van der Waals surface area contributed by atoms with Crippen LogP contribution < -0.4 is 5.73 Å². The van der Waals surface area contributed by atoms with E-state index in [2.05, 4.69) is 15.2 Å². The molecule has 0 bridgehead atoms. The molecule has 0 saturated carbocycles. The number of methoxy groups -OCH3 is 1. The first-order valence-corrected chi connectivity index (χ1v) is 21.4. The summed E-state index contributed by atoms with van der Waals surface area (Å²) in [6.07, 6.45) is 2.98. The molecule has 2 aromatic rings. The number of cyclic esters (lactones) is 1. The van der Waals surface area contributed by atoms with Crippen LogP contribution in [0.5, 0.6) is 0 Å². The van der Waals surface area contributed by atoms with E-state index in [0.717, 1.165) is 17.7 Å². The maximum atomic E-state index is 14.6. The van der Waals surface area contributed by atoms with Gasteiger partial charge in [0.2, 0.25) is 0 Å². The lowest BCUT2D eigenvalue weighted by Gasteiger charge is -2.44. The lowest BCUT2D eigenvalue weighted by molar-refractivity contribution is -0.315. The van der Waals surface area contributed by atoms with Crippen LogP contribution >= 0.6 is 0 Å². The second kappa shape index (κ2) is 20.4. The van der Waals surface area contributed by atoms with E-state index in [1.165, 1.54) is 0 Å². The van der Waals surface area contributed by atoms with Gasteiger partial charge in [-0.25, -0.2) is 4.79 Å². The number of aromatic nitrogens is 3. The molecule has 0 aliphatic carbocycles. The van der Waals surface area contributed by atoms with E-state index in [0.29, 0.717) is 44.5 Å². The van der Waals surface area contributed by atoms with Crippen LogP contribution in [-0.2, 0) is 35.2 Å². The number of unbranched alkanes of at least 4 members (excludes halogenated alkanes) is 1. The summed E-state index contributed by atoms with van der Waals surface area (Å²) in [5.74, 6) is -2.53. The number of ketones is 2. The maximum absolute atomic E-state index is 14.6. The normalized spacial score (nSPS) is 26.1. The minimum Gasteiger partial charge on any atom is -0.438 e. The van der Waals surface area contributed by atoms with Gasteiger partial charge in [0.15, 0.2) is 5.60 Å². The highest BCUT2D eigenvalue weighted by atomic mass is 16.7. The van der Waals surface area contributed by atoms with E-state index in [-0.39, 0.29) is 36.1 Å². The average Bonchev–Trinajstić information content (AvgIpc) is 3.75. The fourth-order valence-electron chi connectivity index (χ4n) is 9.44. The molecule has 2 aliphatic heterocycles. The first-order chi connectivity index (χ1) is 27.6. The maximum Gasteiger partial charge on any atom is 0.410 e. The number of hydroxylamine groups is 2. The van der Waals surface area contributed by atoms with Crippen molar-refractivity contribution in [1.82, 2.24) is 29.9 Å². The molecule has 4 rings (SSSR count). The van der Waals surface area contributed by atoms with E-state index >= 15 is 0 Å². The first-order valence-electron chi connectivity index (χ1n) is 21.4. The van der Waals surface area contributed by atoms with Crippen LogP contribution in [0.1, 0.15) is 101 Å². The highest BCUT2D eigenvalue weighted by molar-refractivity contribution is 5.85. The predicted octanol–water partition coefficient (Wildman–Crippen LogP) is 5.84. The van der Waals surface area contributed by atoms with Crippen LogP contribution in [0.4, 0.5) is 10.5 Å². The van der Waals surface area contributed by atoms with E-state index in [1.54, 1.807) is 49.6 Å². The number of rotatable bonds is 22. The summed E-state index contributed by atoms with van der Waals surface area (Å²) in [6.45, 7) is 17.5. The van der Waals surface area contributed by atoms with Gasteiger partial charge in [0, 0.05) is 74.6 Å². The molecule has 11 atom stereocenters. The highest BCUT2D eigenvalue weighted by Crippen LogP contribution is 2.41. The fourth-order valence-corrected chi connectivity index (χ4v) is 9.44. The van der Waals surface area contributed by atoms with Crippen molar-refractivity contribution in [2.75, 3.05) is 40.5 Å². The molecule has 1 aromatic carbocycles. The zero-order valence-corrected chi connectivity index (χ0v) is 37.9. The van der Waals surface area contributed by atoms with Crippen LogP contribution in [0.2, 0.25) is 0 Å². The Morgan fingerprint density at radius 1 is 1.10 bits per heavy atom. The summed E-state index contributed by atoms with van der Waals surface area (Å²) in [5, 5.41) is 22.5. The minimum atomic E-state index is -1.61. The van der Waals surface area contributed by atoms with E-state index in [4.69, 9.17) is 24.8 Å². The second-order valence-corrected chi connectivity index (χ2v) is 18.1. The number of aliphatic hydroxyl groups is 1. The summed E-state index contributed by atoms with van der Waals surface area (Å²) in [7, 11) is 7.46. The topological polar surface area (TPSA) is 175 Å². The molecule has 59 heavy (non-hydrogen) atoms. The van der Waals surface area contributed by atoms with Crippen molar-refractivity contribution in [3.05, 3.63) is 30.5 Å². The SMILES string of the molecule is CCC(OC)C1(C)OC(=O)N(CCCCn2cc(-c3cccc(N)c3)nn2)C1C(C)C(=O)C(C)CC(C)(O)C(ON(C)C1CC(N(C)C)CC(C)O1)C(C)C(=O)C(C)C. The molecule has 15 nitrogen and oxygen atoms in total. The van der Waals surface area contributed by atoms with Gasteiger partial charge < -0.3 is 34.9 Å². The number of aryl methyl sites for hydroxylation is 1. The summed E-state index contributed by atoms with van der Waals surface area (Å²) >= 11 is 0. The Morgan fingerprint density at radius 3 is 2.39 bits per heavy atom. The van der Waals surface area contributed by atoms with E-state index < -0.39 is 59.5 Å². The molecule has 1 amide bonds. The number of carbonyl (C=O) groups is 3. The number of carbonyl (C=O) groups excluding carboxylic acids is 3. The lowest BCUT2D eigenvalue weighted by Crippen LogP contribution is -2.57. The van der Waals surface area contributed by atoms with Gasteiger partial charge in [-0.2, -0.15) is 5.06 Å². The molecule has 3 N–H and O–H groups in total. The van der Waals surface area contributed by atoms with Crippen LogP contribution in [0.25, 0.3) is 11.3 Å². The van der Waals surface area contributed by atoms with Crippen LogP contribution in [0, 0.1) is 23.7 Å². The molecular weight excluding hydrogens is 755 g/mol. The Kier molecular flexibility index (Phi) is 16.7. The summed E-state index contributed by atoms with van der Waals surface area (Å²) < 4.78 is 20.1. The Balaban J connectivity index is 1.51. The number of hydrogen-bond donors (Lipinski definition) is 2. The molecule has 3 heterocycles. The molecule has 2 fully saturated rings. The molecule has 15 heteroatoms. The Labute approximate surface area is 352 Å². The second-order valence-electron chi connectivity index (χ2n) is 18.1. The predicted molar refractivity (Wildman–Crippen MR) is 227 cm³/mol. The monoisotopic (exact) mass is 828 g/mol. The number of nitrogen functional groups attached to an aromatic ring is 1. The van der Waals surface area contributed by atoms with Crippen molar-refractivity contribution >= 4 is 23.3 Å². The van der Waals surface area contributed by atoms with Gasteiger partial charge in [0.1, 0.15) is 29.6 Å². The van der Waals surface area contributed by atoms with Crippen LogP contribution in [-0.4, -0.2) is 135 Å². The molecule has 1 aromatic heterocycles. The van der Waals surface area contributed by atoms with Gasteiger partial charge in [-0.15, -0.1) is 5.10 Å². The third kappa shape index (κ3) is 11.5. The Bertz CT molecular complexity index is 1700. The molecule has 0 spiro atoms. The first kappa shape index (κ1) is 48.2. The minimum absolute atomic E-state index is 0.00960. The van der Waals surface area contributed by atoms with Crippen molar-refractivity contribution in [2.24, 2.45) is 23.7 Å². The Morgan fingerprint density at radius 2 is 1.78 bits per heavy atom. The average molecular weight is 828 g/mol. The number of Topliss-reactive ketones (excluding diaryl/α,β-unsaturated/α-hetero) is 2. The quantitative estimate of drug-likeness (QED) is 0.0824. The molecule has 2 saturated heterocycles. The highest BCUT2D eigenvalue weighted by Gasteiger charge is 2.58. The standard InChI is InChI=1S/C44H73N7O8/c1-14-36(56-13)44(9)40(51(42(54)58-44)21-16-15-20-50-26-35(46-47-50)32-18-17-19-33(45)23-32)30(6)39(53)28(4)25-43(8,55)41(31(7)38(52)27(2)3)59-49(12)37-24-34(48(10)11)22-29(5)57-37/h17-19,23,26-31,34,36-37,40-41,55H,14-16,20-22,24-25,45H2,1-13H3. The molecule has 2 aliphatic rings. The number of nitrogens with zero attached hydrogens (tertiary/aromatic N) is 6. The third-order valence-electron chi connectivity index (χ3n) is 12.6. The number of amides is 1. The van der Waals surface area contributed by atoms with Crippen LogP contribution in [0.3, 0.4) is 0 Å². The summed E-state index contributed by atoms with van der Waals surface area (Å²) in [4.78, 5) is 52.2. The van der Waals surface area contributed by atoms with Gasteiger partial charge in [-0.1, -0.05) is 58.9 Å². The van der Waals surface area contributed by atoms with Crippen molar-refractivity contribution in [3.63, 3.8) is 0 Å². The van der Waals surface area contributed by atoms with Gasteiger partial charge in [-0.05, 0) is 79.1 Å².